The molecule has 0 unspecified atom stereocenters. The third-order valence-corrected chi connectivity index (χ3v) is 5.95. The first-order valence-corrected chi connectivity index (χ1v) is 11.0. The highest BCUT2D eigenvalue weighted by Gasteiger charge is 2.19. The van der Waals surface area contributed by atoms with Gasteiger partial charge in [-0.3, -0.25) is 0 Å². The zero-order valence-corrected chi connectivity index (χ0v) is 18.7. The van der Waals surface area contributed by atoms with Gasteiger partial charge in [0.1, 0.15) is 18.2 Å². The van der Waals surface area contributed by atoms with E-state index in [-0.39, 0.29) is 17.4 Å². The molecular weight excluding hydrogens is 493 g/mol. The Bertz CT molecular complexity index is 1020. The largest absolute Gasteiger partial charge is 0.481 e. The Morgan fingerprint density at radius 3 is 2.50 bits per heavy atom. The number of nitrogens with one attached hydrogen (secondary N) is 1. The molecule has 0 aromatic heterocycles. The first-order chi connectivity index (χ1) is 13.3. The predicted octanol–water partition coefficient (Wildman–Crippen LogP) is 3.63. The van der Waals surface area contributed by atoms with E-state index in [0.29, 0.717) is 17.0 Å². The van der Waals surface area contributed by atoms with Crippen molar-refractivity contribution in [1.29, 1.82) is 0 Å². The monoisotopic (exact) mass is 513 g/mol. The first kappa shape index (κ1) is 22.0. The van der Waals surface area contributed by atoms with Gasteiger partial charge in [-0.1, -0.05) is 5.92 Å². The Kier molecular flexibility index (Phi) is 7.71. The molecule has 0 saturated heterocycles. The number of hydrogen-bond donors (Lipinski definition) is 1. The van der Waals surface area contributed by atoms with Gasteiger partial charge >= 0.3 is 5.97 Å². The number of methoxy groups -OCH3 is 1. The van der Waals surface area contributed by atoms with Crippen LogP contribution in [0.4, 0.5) is 5.69 Å². The van der Waals surface area contributed by atoms with Crippen LogP contribution >= 0.6 is 22.6 Å². The van der Waals surface area contributed by atoms with Crippen LogP contribution in [-0.2, 0) is 14.6 Å². The maximum absolute atomic E-state index is 12.7. The van der Waals surface area contributed by atoms with E-state index in [9.17, 15) is 13.2 Å². The number of carbonyl (C=O) groups is 1. The third-order valence-electron chi connectivity index (χ3n) is 3.82. The van der Waals surface area contributed by atoms with E-state index in [2.05, 4.69) is 39.7 Å². The fraction of sp³-hybridized carbons (Fsp3) is 0.250. The van der Waals surface area contributed by atoms with Gasteiger partial charge < -0.3 is 14.8 Å². The lowest BCUT2D eigenvalue weighted by molar-refractivity contribution is 0.0601. The second kappa shape index (κ2) is 9.80. The molecule has 2 rings (SSSR count). The normalized spacial score (nSPS) is 10.6. The van der Waals surface area contributed by atoms with E-state index in [4.69, 9.17) is 9.47 Å². The number of rotatable bonds is 7. The quantitative estimate of drug-likeness (QED) is 0.346. The van der Waals surface area contributed by atoms with Gasteiger partial charge in [0.25, 0.3) is 0 Å². The van der Waals surface area contributed by atoms with Crippen molar-refractivity contribution in [3.63, 3.8) is 0 Å². The summed E-state index contributed by atoms with van der Waals surface area (Å²) in [4.78, 5) is 12.2. The maximum Gasteiger partial charge on any atom is 0.340 e. The predicted molar refractivity (Wildman–Crippen MR) is 116 cm³/mol. The number of hydrogen-bond acceptors (Lipinski definition) is 6. The Hall–Kier alpha value is -2.25. The van der Waals surface area contributed by atoms with Gasteiger partial charge in [0.15, 0.2) is 9.84 Å². The number of sulfone groups is 1. The number of ether oxygens (including phenoxy) is 2. The van der Waals surface area contributed by atoms with Crippen molar-refractivity contribution >= 4 is 44.1 Å². The van der Waals surface area contributed by atoms with Crippen molar-refractivity contribution in [2.45, 2.75) is 18.7 Å². The van der Waals surface area contributed by atoms with Crippen LogP contribution in [0.2, 0.25) is 0 Å². The van der Waals surface area contributed by atoms with E-state index in [1.165, 1.54) is 19.2 Å². The van der Waals surface area contributed by atoms with Gasteiger partial charge in [-0.15, -0.1) is 5.92 Å². The molecule has 8 heteroatoms. The van der Waals surface area contributed by atoms with Crippen molar-refractivity contribution in [3.8, 4) is 17.6 Å². The second-order valence-electron chi connectivity index (χ2n) is 5.76. The molecule has 2 aromatic carbocycles. The van der Waals surface area contributed by atoms with E-state index < -0.39 is 15.8 Å². The summed E-state index contributed by atoms with van der Waals surface area (Å²) in [5, 5.41) is 2.88. The molecule has 0 aliphatic heterocycles. The molecule has 0 spiro atoms. The Morgan fingerprint density at radius 2 is 1.89 bits per heavy atom. The smallest absolute Gasteiger partial charge is 0.340 e. The van der Waals surface area contributed by atoms with Gasteiger partial charge in [0.05, 0.1) is 23.3 Å². The molecule has 0 fully saturated rings. The van der Waals surface area contributed by atoms with Crippen molar-refractivity contribution in [2.24, 2.45) is 0 Å². The summed E-state index contributed by atoms with van der Waals surface area (Å²) < 4.78 is 36.4. The molecule has 2 aromatic rings. The van der Waals surface area contributed by atoms with Crippen LogP contribution in [-0.4, -0.2) is 34.0 Å². The zero-order valence-electron chi connectivity index (χ0n) is 15.7. The Balaban J connectivity index is 2.19. The molecule has 6 nitrogen and oxygen atoms in total. The summed E-state index contributed by atoms with van der Waals surface area (Å²) in [6.07, 6.45) is 0. The highest BCUT2D eigenvalue weighted by Crippen LogP contribution is 2.26. The molecule has 0 heterocycles. The molecule has 0 amide bonds. The molecule has 0 aliphatic carbocycles. The van der Waals surface area contributed by atoms with Crippen LogP contribution in [0.3, 0.4) is 0 Å². The second-order valence-corrected chi connectivity index (χ2v) is 8.99. The highest BCUT2D eigenvalue weighted by molar-refractivity contribution is 14.1. The topological polar surface area (TPSA) is 81.7 Å². The van der Waals surface area contributed by atoms with Crippen LogP contribution in [0.1, 0.15) is 22.8 Å². The number of aryl methyl sites for hydroxylation is 1. The minimum Gasteiger partial charge on any atom is -0.481 e. The summed E-state index contributed by atoms with van der Waals surface area (Å²) in [7, 11) is -2.34. The van der Waals surface area contributed by atoms with Gasteiger partial charge in [-0.2, -0.15) is 0 Å². The number of esters is 1. The summed E-state index contributed by atoms with van der Waals surface area (Å²) in [5.74, 6) is 5.14. The number of halogens is 1. The number of carbonyl (C=O) groups excluding carboxylic acids is 1. The molecule has 0 atom stereocenters. The fourth-order valence-corrected chi connectivity index (χ4v) is 4.26. The average Bonchev–Trinajstić information content (AvgIpc) is 2.66. The van der Waals surface area contributed by atoms with E-state index in [1.807, 2.05) is 6.07 Å². The molecule has 148 valence electrons. The minimum absolute atomic E-state index is 0.150. The van der Waals surface area contributed by atoms with Crippen LogP contribution in [0, 0.1) is 22.3 Å². The van der Waals surface area contributed by atoms with E-state index in [0.717, 1.165) is 9.13 Å². The van der Waals surface area contributed by atoms with Gasteiger partial charge in [0.2, 0.25) is 0 Å². The standard InChI is InChI=1S/C20H20INO5S/c1-4-5-10-27-16-6-8-17(9-7-16)28(24,25)13-22-19-14(2)11-15(21)12-18(19)20(23)26-3/h6-9,11-12,22H,10,13H2,1-3H3. The summed E-state index contributed by atoms with van der Waals surface area (Å²) in [6, 6.07) is 9.63. The van der Waals surface area contributed by atoms with Crippen LogP contribution < -0.4 is 10.1 Å². The Labute approximate surface area is 178 Å². The van der Waals surface area contributed by atoms with Crippen molar-refractivity contribution < 1.29 is 22.7 Å². The lowest BCUT2D eigenvalue weighted by Crippen LogP contribution is -2.18. The summed E-state index contributed by atoms with van der Waals surface area (Å²) in [6.45, 7) is 3.76. The SMILES string of the molecule is CC#CCOc1ccc(S(=O)(=O)CNc2c(C)cc(I)cc2C(=O)OC)cc1. The highest BCUT2D eigenvalue weighted by atomic mass is 127. The van der Waals surface area contributed by atoms with Crippen molar-refractivity contribution in [1.82, 2.24) is 0 Å². The Morgan fingerprint density at radius 1 is 1.21 bits per heavy atom. The van der Waals surface area contributed by atoms with Crippen LogP contribution in [0.15, 0.2) is 41.3 Å². The van der Waals surface area contributed by atoms with E-state index in [1.54, 1.807) is 32.0 Å². The molecule has 0 aliphatic rings. The molecule has 0 radical (unpaired) electrons. The molecule has 28 heavy (non-hydrogen) atoms. The van der Waals surface area contributed by atoms with Gasteiger partial charge in [-0.05, 0) is 78.4 Å². The van der Waals surface area contributed by atoms with Crippen molar-refractivity contribution in [3.05, 3.63) is 51.1 Å². The summed E-state index contributed by atoms with van der Waals surface area (Å²) in [5.41, 5.74) is 1.49. The number of anilines is 1. The molecule has 1 N–H and O–H groups in total. The maximum atomic E-state index is 12.7. The fourth-order valence-electron chi connectivity index (χ4n) is 2.43. The van der Waals surface area contributed by atoms with E-state index >= 15 is 0 Å². The lowest BCUT2D eigenvalue weighted by Gasteiger charge is -2.15. The van der Waals surface area contributed by atoms with Gasteiger partial charge in [0, 0.05) is 3.57 Å². The van der Waals surface area contributed by atoms with Crippen molar-refractivity contribution in [2.75, 3.05) is 24.9 Å². The minimum atomic E-state index is -3.63. The molecule has 0 bridgehead atoms. The number of benzene rings is 2. The average molecular weight is 513 g/mol. The lowest BCUT2D eigenvalue weighted by atomic mass is 10.1. The molecule has 0 saturated carbocycles. The van der Waals surface area contributed by atoms with Crippen LogP contribution in [0.5, 0.6) is 5.75 Å². The third kappa shape index (κ3) is 5.62. The van der Waals surface area contributed by atoms with Gasteiger partial charge in [-0.25, -0.2) is 13.2 Å². The summed E-state index contributed by atoms with van der Waals surface area (Å²) >= 11 is 2.09. The van der Waals surface area contributed by atoms with Crippen LogP contribution in [0.25, 0.3) is 0 Å². The molecular formula is C20H20INO5S. The zero-order chi connectivity index (χ0) is 20.7. The first-order valence-electron chi connectivity index (χ1n) is 8.26.